The number of amides is 1. The van der Waals surface area contributed by atoms with E-state index in [1.54, 1.807) is 24.8 Å². The molecule has 2 rings (SSSR count). The van der Waals surface area contributed by atoms with Crippen molar-refractivity contribution in [2.24, 2.45) is 7.05 Å². The number of aryl methyl sites for hydroxylation is 1. The van der Waals surface area contributed by atoms with Crippen molar-refractivity contribution in [3.63, 3.8) is 0 Å². The van der Waals surface area contributed by atoms with Gasteiger partial charge in [-0.15, -0.1) is 0 Å². The van der Waals surface area contributed by atoms with Gasteiger partial charge in [0.1, 0.15) is 11.8 Å². The van der Waals surface area contributed by atoms with Gasteiger partial charge in [0.05, 0.1) is 5.69 Å². The molecule has 0 unspecified atom stereocenters. The van der Waals surface area contributed by atoms with Crippen LogP contribution in [-0.4, -0.2) is 29.3 Å². The van der Waals surface area contributed by atoms with E-state index in [9.17, 15) is 4.79 Å². The first-order chi connectivity index (χ1) is 7.22. The molecule has 1 saturated heterocycles. The molecule has 1 amide bonds. The Balaban J connectivity index is 2.23. The average Bonchev–Trinajstić information content (AvgIpc) is 2.84. The molecule has 0 saturated carbocycles. The molecule has 1 fully saturated rings. The molecule has 1 aromatic rings. The summed E-state index contributed by atoms with van der Waals surface area (Å²) in [7, 11) is 3.38. The van der Waals surface area contributed by atoms with Crippen LogP contribution in [0.5, 0.6) is 0 Å². The van der Waals surface area contributed by atoms with Gasteiger partial charge in [0.15, 0.2) is 0 Å². The Kier molecular flexibility index (Phi) is 2.73. The van der Waals surface area contributed by atoms with Gasteiger partial charge in [-0.1, -0.05) is 0 Å². The Morgan fingerprint density at radius 1 is 1.73 bits per heavy atom. The molecule has 15 heavy (non-hydrogen) atoms. The maximum absolute atomic E-state index is 11.4. The van der Waals surface area contributed by atoms with E-state index in [-0.39, 0.29) is 12.0 Å². The van der Waals surface area contributed by atoms with Crippen LogP contribution in [0.15, 0.2) is 6.07 Å². The fraction of sp³-hybridized carbons (Fsp3) is 0.600. The van der Waals surface area contributed by atoms with Crippen LogP contribution in [-0.2, 0) is 11.8 Å². The topological polar surface area (TPSA) is 56.1 Å². The van der Waals surface area contributed by atoms with Gasteiger partial charge in [-0.3, -0.25) is 9.48 Å². The molecule has 1 aliphatic heterocycles. The summed E-state index contributed by atoms with van der Waals surface area (Å²) in [5, 5.41) is 6.88. The van der Waals surface area contributed by atoms with E-state index in [1.807, 2.05) is 0 Å². The van der Waals surface area contributed by atoms with E-state index in [0.717, 1.165) is 25.1 Å². The molecule has 0 spiro atoms. The van der Waals surface area contributed by atoms with Crippen LogP contribution >= 0.6 is 0 Å². The molecular weight excluding hydrogens is 194 g/mol. The van der Waals surface area contributed by atoms with Crippen LogP contribution in [0.25, 0.3) is 0 Å². The van der Waals surface area contributed by atoms with E-state index >= 15 is 0 Å². The second-order valence-corrected chi connectivity index (χ2v) is 3.66. The number of ether oxygens (including phenoxy) is 1. The van der Waals surface area contributed by atoms with Crippen LogP contribution in [0.2, 0.25) is 0 Å². The third-order valence-electron chi connectivity index (χ3n) is 2.62. The summed E-state index contributed by atoms with van der Waals surface area (Å²) in [5.41, 5.74) is 1.43. The largest absolute Gasteiger partial charge is 0.372 e. The number of carbonyl (C=O) groups is 1. The third-order valence-corrected chi connectivity index (χ3v) is 2.62. The fourth-order valence-electron chi connectivity index (χ4n) is 1.80. The van der Waals surface area contributed by atoms with Crippen LogP contribution in [0.3, 0.4) is 0 Å². The Morgan fingerprint density at radius 2 is 2.53 bits per heavy atom. The monoisotopic (exact) mass is 209 g/mol. The lowest BCUT2D eigenvalue weighted by Crippen LogP contribution is -2.20. The van der Waals surface area contributed by atoms with Crippen molar-refractivity contribution in [1.82, 2.24) is 15.1 Å². The summed E-state index contributed by atoms with van der Waals surface area (Å²) in [4.78, 5) is 11.4. The zero-order valence-corrected chi connectivity index (χ0v) is 8.99. The summed E-state index contributed by atoms with van der Waals surface area (Å²) in [6.45, 7) is 0.788. The lowest BCUT2D eigenvalue weighted by molar-refractivity contribution is 0.0954. The van der Waals surface area contributed by atoms with E-state index < -0.39 is 0 Å². The summed E-state index contributed by atoms with van der Waals surface area (Å²) < 4.78 is 7.11. The molecule has 5 nitrogen and oxygen atoms in total. The standard InChI is InChI=1S/C10H15N3O2/c1-11-10(14)8-6-7(12-13(8)2)9-4-3-5-15-9/h6,9H,3-5H2,1-2H3,(H,11,14)/t9-/m1/s1. The van der Waals surface area contributed by atoms with Crippen molar-refractivity contribution in [1.29, 1.82) is 0 Å². The minimum absolute atomic E-state index is 0.0645. The fourth-order valence-corrected chi connectivity index (χ4v) is 1.80. The van der Waals surface area contributed by atoms with Gasteiger partial charge in [-0.25, -0.2) is 0 Å². The first-order valence-corrected chi connectivity index (χ1v) is 5.10. The predicted molar refractivity (Wildman–Crippen MR) is 54.5 cm³/mol. The van der Waals surface area contributed by atoms with Gasteiger partial charge in [-0.2, -0.15) is 5.10 Å². The SMILES string of the molecule is CNC(=O)c1cc([C@H]2CCCO2)nn1C. The van der Waals surface area contributed by atoms with Gasteiger partial charge in [0.25, 0.3) is 5.91 Å². The normalized spacial score (nSPS) is 20.5. The first-order valence-electron chi connectivity index (χ1n) is 5.10. The Morgan fingerprint density at radius 3 is 3.13 bits per heavy atom. The zero-order valence-electron chi connectivity index (χ0n) is 8.99. The van der Waals surface area contributed by atoms with Crippen molar-refractivity contribution in [3.8, 4) is 0 Å². The van der Waals surface area contributed by atoms with Crippen molar-refractivity contribution in [2.45, 2.75) is 18.9 Å². The lowest BCUT2D eigenvalue weighted by Gasteiger charge is -2.03. The highest BCUT2D eigenvalue weighted by Gasteiger charge is 2.22. The molecule has 1 aromatic heterocycles. The Labute approximate surface area is 88.4 Å². The number of nitrogens with one attached hydrogen (secondary N) is 1. The highest BCUT2D eigenvalue weighted by molar-refractivity contribution is 5.92. The summed E-state index contributed by atoms with van der Waals surface area (Å²) in [6.07, 6.45) is 2.12. The molecule has 0 bridgehead atoms. The number of hydrogen-bond acceptors (Lipinski definition) is 3. The molecule has 0 aromatic carbocycles. The summed E-state index contributed by atoms with van der Waals surface area (Å²) >= 11 is 0. The van der Waals surface area contributed by atoms with E-state index in [2.05, 4.69) is 10.4 Å². The van der Waals surface area contributed by atoms with E-state index in [4.69, 9.17) is 4.74 Å². The number of hydrogen-bond donors (Lipinski definition) is 1. The van der Waals surface area contributed by atoms with E-state index in [1.165, 1.54) is 0 Å². The maximum atomic E-state index is 11.4. The molecular formula is C10H15N3O2. The zero-order chi connectivity index (χ0) is 10.8. The molecule has 1 N–H and O–H groups in total. The van der Waals surface area contributed by atoms with Crippen molar-refractivity contribution >= 4 is 5.91 Å². The van der Waals surface area contributed by atoms with Gasteiger partial charge in [0.2, 0.25) is 0 Å². The van der Waals surface area contributed by atoms with E-state index in [0.29, 0.717) is 5.69 Å². The van der Waals surface area contributed by atoms with Crippen molar-refractivity contribution < 1.29 is 9.53 Å². The highest BCUT2D eigenvalue weighted by Crippen LogP contribution is 2.27. The minimum Gasteiger partial charge on any atom is -0.372 e. The van der Waals surface area contributed by atoms with Crippen molar-refractivity contribution in [2.75, 3.05) is 13.7 Å². The summed E-state index contributed by atoms with van der Waals surface area (Å²) in [5.74, 6) is -0.116. The van der Waals surface area contributed by atoms with Crippen molar-refractivity contribution in [3.05, 3.63) is 17.5 Å². The molecule has 1 atom stereocenters. The number of nitrogens with zero attached hydrogens (tertiary/aromatic N) is 2. The van der Waals surface area contributed by atoms with Gasteiger partial charge in [0, 0.05) is 20.7 Å². The second kappa shape index (κ2) is 4.02. The predicted octanol–water partition coefficient (Wildman–Crippen LogP) is 0.631. The third kappa shape index (κ3) is 1.87. The molecule has 0 aliphatic carbocycles. The Bertz CT molecular complexity index is 367. The van der Waals surface area contributed by atoms with Crippen LogP contribution in [0.1, 0.15) is 35.1 Å². The first kappa shape index (κ1) is 10.2. The average molecular weight is 209 g/mol. The minimum atomic E-state index is -0.116. The molecule has 0 radical (unpaired) electrons. The Hall–Kier alpha value is -1.36. The summed E-state index contributed by atoms with van der Waals surface area (Å²) in [6, 6.07) is 1.80. The second-order valence-electron chi connectivity index (χ2n) is 3.66. The molecule has 82 valence electrons. The molecule has 2 heterocycles. The van der Waals surface area contributed by atoms with Gasteiger partial charge >= 0.3 is 0 Å². The van der Waals surface area contributed by atoms with Crippen LogP contribution < -0.4 is 5.32 Å². The smallest absolute Gasteiger partial charge is 0.269 e. The van der Waals surface area contributed by atoms with Crippen LogP contribution in [0.4, 0.5) is 0 Å². The number of carbonyl (C=O) groups excluding carboxylic acids is 1. The van der Waals surface area contributed by atoms with Gasteiger partial charge < -0.3 is 10.1 Å². The number of rotatable bonds is 2. The molecule has 1 aliphatic rings. The quantitative estimate of drug-likeness (QED) is 0.777. The number of aromatic nitrogens is 2. The molecule has 5 heteroatoms. The van der Waals surface area contributed by atoms with Crippen LogP contribution in [0, 0.1) is 0 Å². The highest BCUT2D eigenvalue weighted by atomic mass is 16.5. The maximum Gasteiger partial charge on any atom is 0.269 e. The van der Waals surface area contributed by atoms with Gasteiger partial charge in [-0.05, 0) is 18.9 Å². The lowest BCUT2D eigenvalue weighted by atomic mass is 10.2.